The van der Waals surface area contributed by atoms with Gasteiger partial charge in [0.25, 0.3) is 0 Å². The van der Waals surface area contributed by atoms with Crippen molar-refractivity contribution in [3.05, 3.63) is 48.8 Å². The minimum Gasteiger partial charge on any atom is -0.377 e. The first-order valence-corrected chi connectivity index (χ1v) is 8.73. The Bertz CT molecular complexity index is 711. The summed E-state index contributed by atoms with van der Waals surface area (Å²) in [6, 6.07) is 9.98. The highest BCUT2D eigenvalue weighted by Crippen LogP contribution is 2.25. The van der Waals surface area contributed by atoms with E-state index in [-0.39, 0.29) is 11.8 Å². The molecule has 1 aromatic heterocycles. The molecule has 1 aromatic carbocycles. The molecule has 132 valence electrons. The van der Waals surface area contributed by atoms with E-state index in [1.54, 1.807) is 6.08 Å². The summed E-state index contributed by atoms with van der Waals surface area (Å²) in [5.74, 6) is 1.86. The van der Waals surface area contributed by atoms with E-state index in [9.17, 15) is 4.79 Å². The zero-order chi connectivity index (χ0) is 17.5. The summed E-state index contributed by atoms with van der Waals surface area (Å²) in [6.45, 7) is 6.05. The molecule has 0 spiro atoms. The van der Waals surface area contributed by atoms with Gasteiger partial charge in [-0.05, 0) is 12.8 Å². The number of nitrogens with one attached hydrogen (secondary N) is 1. The van der Waals surface area contributed by atoms with E-state index in [0.29, 0.717) is 26.3 Å². The van der Waals surface area contributed by atoms with E-state index in [0.717, 1.165) is 36.5 Å². The molecule has 0 aliphatic carbocycles. The molecule has 0 radical (unpaired) electrons. The SMILES string of the molecule is C=CCOCCCNC(=O)C1CCc2nnc(-c3ccccc3)n2C1. The highest BCUT2D eigenvalue weighted by molar-refractivity contribution is 5.78. The van der Waals surface area contributed by atoms with Crippen molar-refractivity contribution in [2.75, 3.05) is 19.8 Å². The fraction of sp³-hybridized carbons (Fsp3) is 0.421. The van der Waals surface area contributed by atoms with Crippen LogP contribution in [0.2, 0.25) is 0 Å². The van der Waals surface area contributed by atoms with Gasteiger partial charge in [-0.3, -0.25) is 4.79 Å². The monoisotopic (exact) mass is 340 g/mol. The van der Waals surface area contributed by atoms with Crippen LogP contribution in [0, 0.1) is 5.92 Å². The van der Waals surface area contributed by atoms with E-state index in [4.69, 9.17) is 4.74 Å². The van der Waals surface area contributed by atoms with Crippen LogP contribution in [0.5, 0.6) is 0 Å². The fourth-order valence-corrected chi connectivity index (χ4v) is 3.04. The predicted molar refractivity (Wildman–Crippen MR) is 95.9 cm³/mol. The normalized spacial score (nSPS) is 16.2. The van der Waals surface area contributed by atoms with Crippen LogP contribution in [-0.4, -0.2) is 40.4 Å². The average molecular weight is 340 g/mol. The Morgan fingerprint density at radius 3 is 3.00 bits per heavy atom. The van der Waals surface area contributed by atoms with E-state index in [2.05, 4.69) is 26.7 Å². The Morgan fingerprint density at radius 1 is 1.36 bits per heavy atom. The molecule has 1 atom stereocenters. The van der Waals surface area contributed by atoms with Gasteiger partial charge < -0.3 is 14.6 Å². The molecule has 1 unspecified atom stereocenters. The Balaban J connectivity index is 1.56. The van der Waals surface area contributed by atoms with Crippen LogP contribution in [-0.2, 0) is 22.5 Å². The number of ether oxygens (including phenoxy) is 1. The van der Waals surface area contributed by atoms with Gasteiger partial charge in [0.15, 0.2) is 5.82 Å². The number of hydrogen-bond donors (Lipinski definition) is 1. The molecule has 1 amide bonds. The summed E-state index contributed by atoms with van der Waals surface area (Å²) in [4.78, 5) is 12.4. The lowest BCUT2D eigenvalue weighted by molar-refractivity contribution is -0.125. The van der Waals surface area contributed by atoms with Gasteiger partial charge in [-0.1, -0.05) is 36.4 Å². The number of benzene rings is 1. The third kappa shape index (κ3) is 4.33. The van der Waals surface area contributed by atoms with E-state index >= 15 is 0 Å². The van der Waals surface area contributed by atoms with Crippen molar-refractivity contribution in [3.8, 4) is 11.4 Å². The highest BCUT2D eigenvalue weighted by Gasteiger charge is 2.27. The van der Waals surface area contributed by atoms with Gasteiger partial charge in [0.1, 0.15) is 5.82 Å². The molecule has 0 saturated heterocycles. The van der Waals surface area contributed by atoms with E-state index < -0.39 is 0 Å². The zero-order valence-corrected chi connectivity index (χ0v) is 14.4. The maximum Gasteiger partial charge on any atom is 0.224 e. The number of fused-ring (bicyclic) bond motifs is 1. The lowest BCUT2D eigenvalue weighted by Crippen LogP contribution is -2.37. The van der Waals surface area contributed by atoms with Crippen LogP contribution in [0.25, 0.3) is 11.4 Å². The zero-order valence-electron chi connectivity index (χ0n) is 14.4. The van der Waals surface area contributed by atoms with Crippen LogP contribution in [0.1, 0.15) is 18.7 Å². The molecule has 1 aliphatic rings. The molecule has 0 fully saturated rings. The summed E-state index contributed by atoms with van der Waals surface area (Å²) in [7, 11) is 0. The van der Waals surface area contributed by atoms with Gasteiger partial charge in [-0.25, -0.2) is 0 Å². The van der Waals surface area contributed by atoms with Crippen LogP contribution >= 0.6 is 0 Å². The second kappa shape index (κ2) is 8.58. The summed E-state index contributed by atoms with van der Waals surface area (Å²) in [5, 5.41) is 11.6. The molecule has 2 heterocycles. The third-order valence-electron chi connectivity index (χ3n) is 4.35. The maximum absolute atomic E-state index is 12.4. The second-order valence-electron chi connectivity index (χ2n) is 6.16. The van der Waals surface area contributed by atoms with Crippen molar-refractivity contribution in [3.63, 3.8) is 0 Å². The lowest BCUT2D eigenvalue weighted by atomic mass is 9.98. The van der Waals surface area contributed by atoms with Crippen molar-refractivity contribution >= 4 is 5.91 Å². The molecule has 2 aromatic rings. The van der Waals surface area contributed by atoms with Crippen molar-refractivity contribution in [1.29, 1.82) is 0 Å². The number of carbonyl (C=O) groups excluding carboxylic acids is 1. The molecule has 1 N–H and O–H groups in total. The maximum atomic E-state index is 12.4. The van der Waals surface area contributed by atoms with Crippen LogP contribution < -0.4 is 5.32 Å². The first-order chi connectivity index (χ1) is 12.3. The van der Waals surface area contributed by atoms with Crippen molar-refractivity contribution in [2.45, 2.75) is 25.8 Å². The van der Waals surface area contributed by atoms with Gasteiger partial charge in [0.05, 0.1) is 12.5 Å². The van der Waals surface area contributed by atoms with E-state index in [1.807, 2.05) is 30.3 Å². The van der Waals surface area contributed by atoms with Gasteiger partial charge >= 0.3 is 0 Å². The Labute approximate surface area is 147 Å². The molecular weight excluding hydrogens is 316 g/mol. The number of hydrogen-bond acceptors (Lipinski definition) is 4. The molecule has 3 rings (SSSR count). The number of nitrogens with zero attached hydrogens (tertiary/aromatic N) is 3. The first-order valence-electron chi connectivity index (χ1n) is 8.73. The molecule has 0 bridgehead atoms. The smallest absolute Gasteiger partial charge is 0.224 e. The third-order valence-corrected chi connectivity index (χ3v) is 4.35. The molecule has 6 heteroatoms. The van der Waals surface area contributed by atoms with Gasteiger partial charge in [0, 0.05) is 31.7 Å². The molecule has 1 aliphatic heterocycles. The summed E-state index contributed by atoms with van der Waals surface area (Å²) in [6.07, 6.45) is 4.12. The molecule has 0 saturated carbocycles. The highest BCUT2D eigenvalue weighted by atomic mass is 16.5. The fourth-order valence-electron chi connectivity index (χ4n) is 3.04. The number of rotatable bonds is 8. The topological polar surface area (TPSA) is 69.0 Å². The molecule has 6 nitrogen and oxygen atoms in total. The van der Waals surface area contributed by atoms with Crippen molar-refractivity contribution < 1.29 is 9.53 Å². The standard InChI is InChI=1S/C19H24N4O2/c1-2-12-25-13-6-11-20-19(24)16-9-10-17-21-22-18(23(17)14-16)15-7-4-3-5-8-15/h2-5,7-8,16H,1,6,9-14H2,(H,20,24). The molecule has 25 heavy (non-hydrogen) atoms. The number of aryl methyl sites for hydroxylation is 1. The Kier molecular flexibility index (Phi) is 5.95. The quantitative estimate of drug-likeness (QED) is 0.591. The number of carbonyl (C=O) groups is 1. The summed E-state index contributed by atoms with van der Waals surface area (Å²) < 4.78 is 7.40. The van der Waals surface area contributed by atoms with Gasteiger partial charge in [0.2, 0.25) is 5.91 Å². The largest absolute Gasteiger partial charge is 0.377 e. The summed E-state index contributed by atoms with van der Waals surface area (Å²) >= 11 is 0. The minimum atomic E-state index is -0.0416. The number of amides is 1. The number of aromatic nitrogens is 3. The Hall–Kier alpha value is -2.47. The van der Waals surface area contributed by atoms with Crippen molar-refractivity contribution in [2.24, 2.45) is 5.92 Å². The first kappa shape index (κ1) is 17.4. The summed E-state index contributed by atoms with van der Waals surface area (Å²) in [5.41, 5.74) is 1.03. The average Bonchev–Trinajstić information content (AvgIpc) is 3.08. The minimum absolute atomic E-state index is 0.0416. The second-order valence-corrected chi connectivity index (χ2v) is 6.16. The Morgan fingerprint density at radius 2 is 2.20 bits per heavy atom. The van der Waals surface area contributed by atoms with Gasteiger partial charge in [-0.2, -0.15) is 0 Å². The van der Waals surface area contributed by atoms with Gasteiger partial charge in [-0.15, -0.1) is 16.8 Å². The van der Waals surface area contributed by atoms with E-state index in [1.165, 1.54) is 0 Å². The van der Waals surface area contributed by atoms with Crippen LogP contribution in [0.4, 0.5) is 0 Å². The van der Waals surface area contributed by atoms with Crippen molar-refractivity contribution in [1.82, 2.24) is 20.1 Å². The molecular formula is C19H24N4O2. The predicted octanol–water partition coefficient (Wildman–Crippen LogP) is 2.22. The van der Waals surface area contributed by atoms with Crippen LogP contribution in [0.3, 0.4) is 0 Å². The lowest BCUT2D eigenvalue weighted by Gasteiger charge is -2.23. The van der Waals surface area contributed by atoms with Crippen LogP contribution in [0.15, 0.2) is 43.0 Å².